The summed E-state index contributed by atoms with van der Waals surface area (Å²) in [7, 11) is 0. The third kappa shape index (κ3) is 6.58. The van der Waals surface area contributed by atoms with Crippen molar-refractivity contribution >= 4 is 6.08 Å². The molecule has 4 rings (SSSR count). The minimum atomic E-state index is -0.701. The molecule has 7 nitrogen and oxygen atoms in total. The highest BCUT2D eigenvalue weighted by Gasteiger charge is 2.20. The molecule has 2 heterocycles. The summed E-state index contributed by atoms with van der Waals surface area (Å²) in [5.41, 5.74) is 3.27. The Labute approximate surface area is 206 Å². The molecule has 1 saturated heterocycles. The van der Waals surface area contributed by atoms with E-state index < -0.39 is 6.10 Å². The summed E-state index contributed by atoms with van der Waals surface area (Å²) in [6.07, 6.45) is 8.78. The molecule has 3 aromatic rings. The van der Waals surface area contributed by atoms with Crippen molar-refractivity contribution in [1.29, 1.82) is 0 Å². The van der Waals surface area contributed by atoms with Crippen LogP contribution in [0.15, 0.2) is 67.0 Å². The van der Waals surface area contributed by atoms with E-state index in [-0.39, 0.29) is 25.4 Å². The molecule has 0 radical (unpaired) electrons. The largest absolute Gasteiger partial charge is 0.490 e. The van der Waals surface area contributed by atoms with Crippen molar-refractivity contribution in [2.75, 3.05) is 32.8 Å². The topological polar surface area (TPSA) is 91.0 Å². The number of aliphatic hydroxyl groups is 3. The van der Waals surface area contributed by atoms with Crippen LogP contribution in [0.1, 0.15) is 43.3 Å². The molecule has 35 heavy (non-hydrogen) atoms. The van der Waals surface area contributed by atoms with E-state index in [1.165, 1.54) is 0 Å². The number of aliphatic hydroxyl groups excluding tert-OH is 3. The Balaban J connectivity index is 1.35. The first-order valence-corrected chi connectivity index (χ1v) is 12.3. The van der Waals surface area contributed by atoms with Gasteiger partial charge in [0.2, 0.25) is 0 Å². The third-order valence-corrected chi connectivity index (χ3v) is 6.48. The summed E-state index contributed by atoms with van der Waals surface area (Å²) in [6.45, 7) is 4.47. The number of benzene rings is 2. The van der Waals surface area contributed by atoms with Gasteiger partial charge in [-0.05, 0) is 48.6 Å². The van der Waals surface area contributed by atoms with E-state index in [1.807, 2.05) is 36.4 Å². The van der Waals surface area contributed by atoms with Gasteiger partial charge in [0.15, 0.2) is 0 Å². The van der Waals surface area contributed by atoms with E-state index in [1.54, 1.807) is 23.9 Å². The standard InChI is InChI=1S/C28H35N3O4/c1-21(34)28-29-14-17-31(28)25(20-33)9-4-22-2-5-23(6-3-22)24-7-10-26(11-8-24)35-27-12-15-30(16-13-27)18-19-32/h2-11,14,17,21,25,27,32-34H,12-13,15-16,18-20H2,1H3/b9-4+/t21-,25-/m0/s1. The van der Waals surface area contributed by atoms with Gasteiger partial charge < -0.3 is 29.5 Å². The molecule has 1 aromatic heterocycles. The number of imidazole rings is 1. The smallest absolute Gasteiger partial charge is 0.137 e. The lowest BCUT2D eigenvalue weighted by Gasteiger charge is -2.31. The molecule has 1 aliphatic rings. The van der Waals surface area contributed by atoms with Crippen LogP contribution in [0.2, 0.25) is 0 Å². The van der Waals surface area contributed by atoms with Gasteiger partial charge >= 0.3 is 0 Å². The highest BCUT2D eigenvalue weighted by Crippen LogP contribution is 2.26. The lowest BCUT2D eigenvalue weighted by molar-refractivity contribution is 0.0889. The van der Waals surface area contributed by atoms with Crippen LogP contribution in [-0.2, 0) is 0 Å². The molecule has 0 saturated carbocycles. The monoisotopic (exact) mass is 477 g/mol. The van der Waals surface area contributed by atoms with Gasteiger partial charge in [0.05, 0.1) is 19.3 Å². The molecule has 0 unspecified atom stereocenters. The maximum atomic E-state index is 9.88. The van der Waals surface area contributed by atoms with Crippen molar-refractivity contribution in [3.05, 3.63) is 78.4 Å². The Morgan fingerprint density at radius 3 is 2.29 bits per heavy atom. The highest BCUT2D eigenvalue weighted by atomic mass is 16.5. The maximum absolute atomic E-state index is 9.88. The van der Waals surface area contributed by atoms with Gasteiger partial charge in [-0.3, -0.25) is 0 Å². The second-order valence-corrected chi connectivity index (χ2v) is 9.01. The van der Waals surface area contributed by atoms with Crippen LogP contribution < -0.4 is 4.74 Å². The van der Waals surface area contributed by atoms with Gasteiger partial charge in [0.25, 0.3) is 0 Å². The molecule has 0 aliphatic carbocycles. The lowest BCUT2D eigenvalue weighted by atomic mass is 10.0. The fourth-order valence-corrected chi connectivity index (χ4v) is 4.49. The zero-order valence-corrected chi connectivity index (χ0v) is 20.2. The fourth-order valence-electron chi connectivity index (χ4n) is 4.49. The van der Waals surface area contributed by atoms with Crippen molar-refractivity contribution in [3.8, 4) is 16.9 Å². The number of likely N-dealkylation sites (tertiary alicyclic amines) is 1. The molecule has 0 spiro atoms. The number of β-amino-alcohol motifs (C(OH)–C–C–N with tert-alkyl or cyclic N) is 1. The molecule has 1 fully saturated rings. The van der Waals surface area contributed by atoms with Gasteiger partial charge in [0, 0.05) is 32.0 Å². The summed E-state index contributed by atoms with van der Waals surface area (Å²) >= 11 is 0. The van der Waals surface area contributed by atoms with Crippen LogP contribution in [0, 0.1) is 0 Å². The quantitative estimate of drug-likeness (QED) is 0.413. The molecular weight excluding hydrogens is 442 g/mol. The van der Waals surface area contributed by atoms with Gasteiger partial charge in [-0.15, -0.1) is 0 Å². The predicted molar refractivity (Wildman–Crippen MR) is 137 cm³/mol. The SMILES string of the molecule is C[C@H](O)c1nccn1[C@@H](/C=C/c1ccc(-c2ccc(OC3CCN(CCO)CC3)cc2)cc1)CO. The minimum Gasteiger partial charge on any atom is -0.490 e. The first-order valence-electron chi connectivity index (χ1n) is 12.3. The van der Waals surface area contributed by atoms with Gasteiger partial charge in [-0.25, -0.2) is 4.98 Å². The lowest BCUT2D eigenvalue weighted by Crippen LogP contribution is -2.39. The summed E-state index contributed by atoms with van der Waals surface area (Å²) in [4.78, 5) is 6.46. The number of hydrogen-bond donors (Lipinski definition) is 3. The zero-order chi connectivity index (χ0) is 24.6. The summed E-state index contributed by atoms with van der Waals surface area (Å²) < 4.78 is 7.96. The van der Waals surface area contributed by atoms with Crippen LogP contribution in [0.5, 0.6) is 5.75 Å². The Kier molecular flexibility index (Phi) is 8.71. The van der Waals surface area contributed by atoms with E-state index in [0.29, 0.717) is 5.82 Å². The Bertz CT molecular complexity index is 1070. The van der Waals surface area contributed by atoms with E-state index in [4.69, 9.17) is 9.84 Å². The average molecular weight is 478 g/mol. The van der Waals surface area contributed by atoms with E-state index in [9.17, 15) is 10.2 Å². The summed E-state index contributed by atoms with van der Waals surface area (Å²) in [6, 6.07) is 16.2. The number of ether oxygens (including phenoxy) is 1. The zero-order valence-electron chi connectivity index (χ0n) is 20.2. The summed E-state index contributed by atoms with van der Waals surface area (Å²) in [5, 5.41) is 28.8. The van der Waals surface area contributed by atoms with E-state index in [2.05, 4.69) is 34.1 Å². The van der Waals surface area contributed by atoms with Crippen molar-refractivity contribution in [2.24, 2.45) is 0 Å². The van der Waals surface area contributed by atoms with E-state index in [0.717, 1.165) is 54.9 Å². The second kappa shape index (κ2) is 12.1. The van der Waals surface area contributed by atoms with Crippen molar-refractivity contribution in [2.45, 2.75) is 38.0 Å². The van der Waals surface area contributed by atoms with Crippen LogP contribution in [0.4, 0.5) is 0 Å². The number of aromatic nitrogens is 2. The van der Waals surface area contributed by atoms with Crippen molar-refractivity contribution < 1.29 is 20.1 Å². The number of hydrogen-bond acceptors (Lipinski definition) is 6. The van der Waals surface area contributed by atoms with Crippen LogP contribution in [0.25, 0.3) is 17.2 Å². The Hall–Kier alpha value is -2.97. The second-order valence-electron chi connectivity index (χ2n) is 9.01. The third-order valence-electron chi connectivity index (χ3n) is 6.48. The normalized spacial score (nSPS) is 17.0. The number of rotatable bonds is 10. The van der Waals surface area contributed by atoms with Gasteiger partial charge in [-0.1, -0.05) is 48.6 Å². The molecule has 2 aromatic carbocycles. The van der Waals surface area contributed by atoms with Crippen LogP contribution in [0.3, 0.4) is 0 Å². The van der Waals surface area contributed by atoms with Gasteiger partial charge in [-0.2, -0.15) is 0 Å². The summed E-state index contributed by atoms with van der Waals surface area (Å²) in [5.74, 6) is 1.42. The van der Waals surface area contributed by atoms with Crippen LogP contribution in [-0.4, -0.2) is 68.7 Å². The molecule has 1 aliphatic heterocycles. The molecule has 2 atom stereocenters. The minimum absolute atomic E-state index is 0.0825. The molecular formula is C28H35N3O4. The molecule has 0 amide bonds. The van der Waals surface area contributed by atoms with Gasteiger partial charge in [0.1, 0.15) is 23.8 Å². The molecule has 7 heteroatoms. The number of piperidine rings is 1. The fraction of sp³-hybridized carbons (Fsp3) is 0.393. The highest BCUT2D eigenvalue weighted by molar-refractivity contribution is 5.66. The molecule has 0 bridgehead atoms. The molecule has 3 N–H and O–H groups in total. The van der Waals surface area contributed by atoms with Crippen molar-refractivity contribution in [3.63, 3.8) is 0 Å². The molecule has 186 valence electrons. The first kappa shape index (κ1) is 25.1. The first-order chi connectivity index (χ1) is 17.1. The van der Waals surface area contributed by atoms with Crippen molar-refractivity contribution in [1.82, 2.24) is 14.5 Å². The average Bonchev–Trinajstić information content (AvgIpc) is 3.37. The van der Waals surface area contributed by atoms with E-state index >= 15 is 0 Å². The predicted octanol–water partition coefficient (Wildman–Crippen LogP) is 3.69. The number of nitrogens with zero attached hydrogens (tertiary/aromatic N) is 3. The Morgan fingerprint density at radius 2 is 1.69 bits per heavy atom. The van der Waals surface area contributed by atoms with Crippen LogP contribution >= 0.6 is 0 Å². The Morgan fingerprint density at radius 1 is 1.03 bits per heavy atom. The maximum Gasteiger partial charge on any atom is 0.137 e.